The van der Waals surface area contributed by atoms with E-state index < -0.39 is 0 Å². The van der Waals surface area contributed by atoms with E-state index in [2.05, 4.69) is 21.5 Å². The van der Waals surface area contributed by atoms with Crippen molar-refractivity contribution in [3.63, 3.8) is 0 Å². The lowest BCUT2D eigenvalue weighted by molar-refractivity contribution is -0.134. The second-order valence-electron chi connectivity index (χ2n) is 7.89. The predicted octanol–water partition coefficient (Wildman–Crippen LogP) is 1.91. The largest absolute Gasteiger partial charge is 0.342 e. The molecule has 3 heterocycles. The smallest absolute Gasteiger partial charge is 0.227 e. The summed E-state index contributed by atoms with van der Waals surface area (Å²) in [5.74, 6) is 0.725. The number of nitrogens with one attached hydrogen (secondary N) is 1. The van der Waals surface area contributed by atoms with Crippen LogP contribution in [0.2, 0.25) is 0 Å². The Morgan fingerprint density at radius 2 is 2.09 bits per heavy atom. The first kappa shape index (κ1) is 15.2. The third kappa shape index (κ3) is 2.80. The van der Waals surface area contributed by atoms with E-state index in [0.29, 0.717) is 11.3 Å². The van der Waals surface area contributed by atoms with Gasteiger partial charge in [0.2, 0.25) is 5.91 Å². The lowest BCUT2D eigenvalue weighted by Crippen LogP contribution is -2.39. The van der Waals surface area contributed by atoms with Gasteiger partial charge in [-0.15, -0.1) is 0 Å². The lowest BCUT2D eigenvalue weighted by atomic mass is 9.73. The highest BCUT2D eigenvalue weighted by molar-refractivity contribution is 5.81. The minimum absolute atomic E-state index is 0.0814. The molecule has 4 rings (SSSR count). The summed E-state index contributed by atoms with van der Waals surface area (Å²) < 4.78 is 1.84. The normalized spacial score (nSPS) is 30.2. The zero-order valence-electron chi connectivity index (χ0n) is 14.1. The Morgan fingerprint density at radius 3 is 2.83 bits per heavy atom. The number of rotatable bonds is 2. The molecule has 1 aromatic rings. The minimum Gasteiger partial charge on any atom is -0.342 e. The van der Waals surface area contributed by atoms with Gasteiger partial charge in [0.05, 0.1) is 12.1 Å². The lowest BCUT2D eigenvalue weighted by Gasteiger charge is -2.33. The summed E-state index contributed by atoms with van der Waals surface area (Å²) in [6.07, 6.45) is 11.9. The molecule has 126 valence electrons. The van der Waals surface area contributed by atoms with Crippen molar-refractivity contribution in [2.45, 2.75) is 44.4 Å². The molecule has 0 bridgehead atoms. The van der Waals surface area contributed by atoms with Gasteiger partial charge in [-0.05, 0) is 30.2 Å². The summed E-state index contributed by atoms with van der Waals surface area (Å²) in [5.41, 5.74) is 1.64. The van der Waals surface area contributed by atoms with E-state index in [0.717, 1.165) is 26.2 Å². The van der Waals surface area contributed by atoms with E-state index >= 15 is 0 Å². The highest BCUT2D eigenvalue weighted by Crippen LogP contribution is 2.44. The number of amides is 1. The van der Waals surface area contributed by atoms with Crippen LogP contribution in [0.5, 0.6) is 0 Å². The van der Waals surface area contributed by atoms with Crippen molar-refractivity contribution in [3.05, 3.63) is 18.0 Å². The van der Waals surface area contributed by atoms with Crippen molar-refractivity contribution < 1.29 is 4.79 Å². The Labute approximate surface area is 138 Å². The molecule has 3 fully saturated rings. The van der Waals surface area contributed by atoms with Gasteiger partial charge in [-0.25, -0.2) is 0 Å². The fraction of sp³-hybridized carbons (Fsp3) is 0.778. The van der Waals surface area contributed by atoms with Crippen LogP contribution in [-0.2, 0) is 11.8 Å². The first-order chi connectivity index (χ1) is 11.2. The number of hydrogen-bond donors (Lipinski definition) is 1. The van der Waals surface area contributed by atoms with Crippen molar-refractivity contribution in [1.29, 1.82) is 0 Å². The van der Waals surface area contributed by atoms with Crippen LogP contribution in [0.3, 0.4) is 0 Å². The van der Waals surface area contributed by atoms with Gasteiger partial charge < -0.3 is 10.2 Å². The number of carbonyl (C=O) groups excluding carboxylic acids is 1. The number of hydrogen-bond acceptors (Lipinski definition) is 3. The van der Waals surface area contributed by atoms with Crippen LogP contribution in [0, 0.1) is 11.3 Å². The van der Waals surface area contributed by atoms with Crippen molar-refractivity contribution >= 4 is 5.91 Å². The second-order valence-corrected chi connectivity index (χ2v) is 7.89. The summed E-state index contributed by atoms with van der Waals surface area (Å²) in [7, 11) is 1.94. The van der Waals surface area contributed by atoms with E-state index in [1.807, 2.05) is 17.9 Å². The van der Waals surface area contributed by atoms with Crippen molar-refractivity contribution in [3.8, 4) is 0 Å². The predicted molar refractivity (Wildman–Crippen MR) is 89.0 cm³/mol. The Bertz CT molecular complexity index is 575. The zero-order chi connectivity index (χ0) is 15.9. The maximum atomic E-state index is 13.1. The van der Waals surface area contributed by atoms with E-state index in [1.165, 1.54) is 44.1 Å². The average molecular weight is 316 g/mol. The number of nitrogens with zero attached hydrogens (tertiary/aromatic N) is 3. The molecule has 0 aromatic carbocycles. The molecule has 23 heavy (non-hydrogen) atoms. The molecular weight excluding hydrogens is 288 g/mol. The molecule has 0 radical (unpaired) electrons. The maximum absolute atomic E-state index is 13.1. The molecule has 1 saturated carbocycles. The van der Waals surface area contributed by atoms with E-state index in [4.69, 9.17) is 0 Å². The number of carbonyl (C=O) groups is 1. The van der Waals surface area contributed by atoms with Gasteiger partial charge >= 0.3 is 0 Å². The van der Waals surface area contributed by atoms with E-state index in [9.17, 15) is 4.79 Å². The van der Waals surface area contributed by atoms with Crippen LogP contribution in [0.4, 0.5) is 0 Å². The van der Waals surface area contributed by atoms with Gasteiger partial charge in [0.1, 0.15) is 0 Å². The van der Waals surface area contributed by atoms with E-state index in [-0.39, 0.29) is 11.8 Å². The summed E-state index contributed by atoms with van der Waals surface area (Å²) in [6, 6.07) is 0. The van der Waals surface area contributed by atoms with Crippen LogP contribution in [-0.4, -0.2) is 46.8 Å². The average Bonchev–Trinajstić information content (AvgIpc) is 3.27. The molecular formula is C18H28N4O. The van der Waals surface area contributed by atoms with Gasteiger partial charge in [-0.1, -0.05) is 19.3 Å². The maximum Gasteiger partial charge on any atom is 0.227 e. The number of aryl methyl sites for hydroxylation is 1. The summed E-state index contributed by atoms with van der Waals surface area (Å²) >= 11 is 0. The second kappa shape index (κ2) is 5.93. The highest BCUT2D eigenvalue weighted by Gasteiger charge is 2.44. The quantitative estimate of drug-likeness (QED) is 0.907. The molecule has 2 aliphatic heterocycles. The molecule has 1 spiro atoms. The van der Waals surface area contributed by atoms with Crippen molar-refractivity contribution in [2.24, 2.45) is 18.4 Å². The molecule has 0 unspecified atom stereocenters. The Hall–Kier alpha value is -1.36. The third-order valence-corrected chi connectivity index (χ3v) is 6.35. The van der Waals surface area contributed by atoms with Crippen LogP contribution in [0.15, 0.2) is 12.4 Å². The minimum atomic E-state index is 0.0814. The summed E-state index contributed by atoms with van der Waals surface area (Å²) in [6.45, 7) is 3.67. The molecule has 1 aliphatic carbocycles. The van der Waals surface area contributed by atoms with Gasteiger partial charge in [0, 0.05) is 45.3 Å². The van der Waals surface area contributed by atoms with Crippen LogP contribution in [0.25, 0.3) is 0 Å². The van der Waals surface area contributed by atoms with Crippen LogP contribution >= 0.6 is 0 Å². The Kier molecular flexibility index (Phi) is 3.92. The molecule has 3 aliphatic rings. The molecule has 5 nitrogen and oxygen atoms in total. The molecule has 1 aromatic heterocycles. The van der Waals surface area contributed by atoms with Gasteiger partial charge in [0.25, 0.3) is 0 Å². The van der Waals surface area contributed by atoms with Crippen molar-refractivity contribution in [1.82, 2.24) is 20.0 Å². The third-order valence-electron chi connectivity index (χ3n) is 6.35. The Balaban J connectivity index is 1.46. The monoisotopic (exact) mass is 316 g/mol. The summed E-state index contributed by atoms with van der Waals surface area (Å²) in [5, 5.41) is 7.71. The SMILES string of the molecule is Cn1cc([C@H]2CNC[C@@H]2C(=O)N2CCC3(CCCCC3)C2)cn1. The summed E-state index contributed by atoms with van der Waals surface area (Å²) in [4.78, 5) is 15.3. The van der Waals surface area contributed by atoms with Crippen LogP contribution < -0.4 is 5.32 Å². The first-order valence-electron chi connectivity index (χ1n) is 9.15. The number of likely N-dealkylation sites (tertiary alicyclic amines) is 1. The number of aromatic nitrogens is 2. The van der Waals surface area contributed by atoms with Crippen molar-refractivity contribution in [2.75, 3.05) is 26.2 Å². The standard InChI is InChI=1S/C18H28N4O/c1-21-12-14(9-20-21)15-10-19-11-16(15)17(23)22-8-7-18(13-22)5-3-2-4-6-18/h9,12,15-16,19H,2-8,10-11,13H2,1H3/t15-,16+/m1/s1. The molecule has 1 amide bonds. The Morgan fingerprint density at radius 1 is 1.26 bits per heavy atom. The molecule has 1 N–H and O–H groups in total. The molecule has 2 saturated heterocycles. The highest BCUT2D eigenvalue weighted by atomic mass is 16.2. The molecule has 2 atom stereocenters. The van der Waals surface area contributed by atoms with E-state index in [1.54, 1.807) is 0 Å². The fourth-order valence-corrected chi connectivity index (χ4v) is 4.99. The topological polar surface area (TPSA) is 50.2 Å². The van der Waals surface area contributed by atoms with Gasteiger partial charge in [-0.2, -0.15) is 5.10 Å². The first-order valence-corrected chi connectivity index (χ1v) is 9.15. The van der Waals surface area contributed by atoms with Gasteiger partial charge in [0.15, 0.2) is 0 Å². The zero-order valence-corrected chi connectivity index (χ0v) is 14.1. The van der Waals surface area contributed by atoms with Gasteiger partial charge in [-0.3, -0.25) is 9.48 Å². The fourth-order valence-electron chi connectivity index (χ4n) is 4.99. The molecule has 5 heteroatoms. The van der Waals surface area contributed by atoms with Crippen LogP contribution in [0.1, 0.15) is 50.0 Å².